The van der Waals surface area contributed by atoms with Crippen molar-refractivity contribution in [1.29, 1.82) is 0 Å². The van der Waals surface area contributed by atoms with E-state index in [0.29, 0.717) is 25.2 Å². The molecule has 0 fully saturated rings. The highest BCUT2D eigenvalue weighted by Crippen LogP contribution is 2.39. The van der Waals surface area contributed by atoms with Crippen LogP contribution < -0.4 is 5.73 Å². The third kappa shape index (κ3) is 4.99. The highest BCUT2D eigenvalue weighted by atomic mass is 19.1. The molecule has 1 aromatic heterocycles. The number of fused-ring (bicyclic) bond motifs is 1. The van der Waals surface area contributed by atoms with Gasteiger partial charge in [-0.1, -0.05) is 62.4 Å². The molecule has 0 saturated heterocycles. The van der Waals surface area contributed by atoms with Crippen LogP contribution in [0.2, 0.25) is 0 Å². The maximum Gasteiger partial charge on any atom is 0.328 e. The topological polar surface area (TPSA) is 73.4 Å². The first-order chi connectivity index (χ1) is 19.4. The van der Waals surface area contributed by atoms with E-state index in [1.807, 2.05) is 53.4 Å². The third-order valence-corrected chi connectivity index (χ3v) is 7.57. The second-order valence-corrected chi connectivity index (χ2v) is 9.96. The fourth-order valence-electron chi connectivity index (χ4n) is 5.64. The van der Waals surface area contributed by atoms with Crippen LogP contribution in [0.3, 0.4) is 0 Å². The molecule has 0 saturated carbocycles. The molecule has 3 aromatic carbocycles. The van der Waals surface area contributed by atoms with Gasteiger partial charge in [0.1, 0.15) is 17.7 Å². The summed E-state index contributed by atoms with van der Waals surface area (Å²) in [7, 11) is 0. The van der Waals surface area contributed by atoms with E-state index < -0.39 is 17.7 Å². The number of aromatic nitrogens is 2. The molecule has 0 bridgehead atoms. The quantitative estimate of drug-likeness (QED) is 0.212. The standard InChI is InChI=1S/C32H34F2N4O2/c1-4-20-13-10-14-21(5-2)29(20)38-31(23-17-26(34)27(35)18-25(23)33)24-19-37(16-15-28(24)36-38)30(32(39)40-6-3)22-11-8-7-9-12-22/h7-14,17-18,30H,4-6,15-16,19,35H2,1-3H3. The number of ether oxygens (including phenoxy) is 1. The number of benzene rings is 3. The number of hydrogen-bond acceptors (Lipinski definition) is 5. The van der Waals surface area contributed by atoms with Crippen LogP contribution in [0.25, 0.3) is 16.9 Å². The fourth-order valence-corrected chi connectivity index (χ4v) is 5.64. The Balaban J connectivity index is 1.72. The highest BCUT2D eigenvalue weighted by molar-refractivity contribution is 5.78. The van der Waals surface area contributed by atoms with Crippen molar-refractivity contribution in [3.05, 3.63) is 100 Å². The number of halogens is 2. The summed E-state index contributed by atoms with van der Waals surface area (Å²) in [6.07, 6.45) is 2.03. The summed E-state index contributed by atoms with van der Waals surface area (Å²) in [5, 5.41) is 5.01. The number of nitrogen functional groups attached to an aromatic ring is 1. The van der Waals surface area contributed by atoms with Crippen molar-refractivity contribution in [2.45, 2.75) is 52.6 Å². The van der Waals surface area contributed by atoms with Crippen molar-refractivity contribution in [3.63, 3.8) is 0 Å². The summed E-state index contributed by atoms with van der Waals surface area (Å²) in [5.41, 5.74) is 11.4. The van der Waals surface area contributed by atoms with Gasteiger partial charge in [-0.15, -0.1) is 0 Å². The molecule has 4 aromatic rings. The van der Waals surface area contributed by atoms with E-state index in [0.717, 1.165) is 58.6 Å². The van der Waals surface area contributed by atoms with E-state index in [1.165, 1.54) is 0 Å². The van der Waals surface area contributed by atoms with Crippen LogP contribution >= 0.6 is 0 Å². The van der Waals surface area contributed by atoms with Crippen molar-refractivity contribution < 1.29 is 18.3 Å². The molecular formula is C32H34F2N4O2. The number of nitrogens with zero attached hydrogens (tertiary/aromatic N) is 3. The number of carbonyl (C=O) groups is 1. The zero-order valence-electron chi connectivity index (χ0n) is 23.1. The number of esters is 1. The number of anilines is 1. The number of para-hydroxylation sites is 1. The van der Waals surface area contributed by atoms with Gasteiger partial charge in [0.05, 0.1) is 29.4 Å². The molecule has 8 heteroatoms. The molecular weight excluding hydrogens is 510 g/mol. The average molecular weight is 545 g/mol. The third-order valence-electron chi connectivity index (χ3n) is 7.57. The lowest BCUT2D eigenvalue weighted by molar-refractivity contribution is -0.150. The minimum Gasteiger partial charge on any atom is -0.465 e. The lowest BCUT2D eigenvalue weighted by Crippen LogP contribution is -2.39. The van der Waals surface area contributed by atoms with E-state index in [-0.39, 0.29) is 23.8 Å². The normalized spacial score (nSPS) is 14.1. The summed E-state index contributed by atoms with van der Waals surface area (Å²) in [5.74, 6) is -1.67. The second kappa shape index (κ2) is 11.6. The summed E-state index contributed by atoms with van der Waals surface area (Å²) >= 11 is 0. The predicted octanol–water partition coefficient (Wildman–Crippen LogP) is 6.19. The van der Waals surface area contributed by atoms with Crippen molar-refractivity contribution in [1.82, 2.24) is 14.7 Å². The van der Waals surface area contributed by atoms with E-state index in [1.54, 1.807) is 11.6 Å². The molecule has 2 heterocycles. The molecule has 0 radical (unpaired) electrons. The van der Waals surface area contributed by atoms with Crippen LogP contribution in [0.4, 0.5) is 14.5 Å². The Bertz CT molecular complexity index is 1510. The molecule has 1 aliphatic rings. The molecule has 1 aliphatic heterocycles. The maximum atomic E-state index is 15.6. The minimum atomic E-state index is -0.696. The maximum absolute atomic E-state index is 15.6. The lowest BCUT2D eigenvalue weighted by atomic mass is 9.96. The first kappa shape index (κ1) is 27.5. The second-order valence-electron chi connectivity index (χ2n) is 9.96. The molecule has 1 atom stereocenters. The first-order valence-corrected chi connectivity index (χ1v) is 13.8. The monoisotopic (exact) mass is 544 g/mol. The summed E-state index contributed by atoms with van der Waals surface area (Å²) in [4.78, 5) is 15.3. The van der Waals surface area contributed by atoms with Crippen LogP contribution in [0.15, 0.2) is 60.7 Å². The number of aryl methyl sites for hydroxylation is 2. The lowest BCUT2D eigenvalue weighted by Gasteiger charge is -2.33. The van der Waals surface area contributed by atoms with Gasteiger partial charge in [-0.25, -0.2) is 18.3 Å². The van der Waals surface area contributed by atoms with Crippen LogP contribution in [0.5, 0.6) is 0 Å². The van der Waals surface area contributed by atoms with Crippen LogP contribution in [0, 0.1) is 11.6 Å². The summed E-state index contributed by atoms with van der Waals surface area (Å²) in [6, 6.07) is 17.1. The Hall–Kier alpha value is -4.04. The van der Waals surface area contributed by atoms with E-state index in [9.17, 15) is 9.18 Å². The predicted molar refractivity (Wildman–Crippen MR) is 152 cm³/mol. The van der Waals surface area contributed by atoms with Crippen molar-refractivity contribution in [2.75, 3.05) is 18.9 Å². The van der Waals surface area contributed by atoms with E-state index in [4.69, 9.17) is 15.6 Å². The van der Waals surface area contributed by atoms with Gasteiger partial charge in [0, 0.05) is 36.7 Å². The fraction of sp³-hybridized carbons (Fsp3) is 0.312. The van der Waals surface area contributed by atoms with E-state index in [2.05, 4.69) is 13.8 Å². The van der Waals surface area contributed by atoms with Crippen LogP contribution in [-0.2, 0) is 35.3 Å². The highest BCUT2D eigenvalue weighted by Gasteiger charge is 2.35. The summed E-state index contributed by atoms with van der Waals surface area (Å²) in [6.45, 7) is 7.03. The van der Waals surface area contributed by atoms with Crippen LogP contribution in [0.1, 0.15) is 54.8 Å². The van der Waals surface area contributed by atoms with Crippen LogP contribution in [-0.4, -0.2) is 33.8 Å². The average Bonchev–Trinajstić information content (AvgIpc) is 3.33. The van der Waals surface area contributed by atoms with Gasteiger partial charge in [0.25, 0.3) is 0 Å². The minimum absolute atomic E-state index is 0.0858. The van der Waals surface area contributed by atoms with E-state index >= 15 is 4.39 Å². The smallest absolute Gasteiger partial charge is 0.328 e. The molecule has 1 unspecified atom stereocenters. The van der Waals surface area contributed by atoms with Gasteiger partial charge in [-0.2, -0.15) is 5.10 Å². The molecule has 40 heavy (non-hydrogen) atoms. The summed E-state index contributed by atoms with van der Waals surface area (Å²) < 4.78 is 37.7. The number of hydrogen-bond donors (Lipinski definition) is 1. The molecule has 2 N–H and O–H groups in total. The molecule has 5 rings (SSSR count). The van der Waals surface area contributed by atoms with Gasteiger partial charge in [-0.3, -0.25) is 4.90 Å². The van der Waals surface area contributed by atoms with Crippen molar-refractivity contribution >= 4 is 11.7 Å². The largest absolute Gasteiger partial charge is 0.465 e. The molecule has 0 spiro atoms. The Morgan fingerprint density at radius 1 is 1.00 bits per heavy atom. The molecule has 6 nitrogen and oxygen atoms in total. The number of carbonyl (C=O) groups excluding carboxylic acids is 1. The van der Waals surface area contributed by atoms with Crippen molar-refractivity contribution in [3.8, 4) is 16.9 Å². The van der Waals surface area contributed by atoms with Gasteiger partial charge < -0.3 is 10.5 Å². The van der Waals surface area contributed by atoms with Gasteiger partial charge in [0.2, 0.25) is 0 Å². The zero-order valence-corrected chi connectivity index (χ0v) is 23.1. The van der Waals surface area contributed by atoms with Gasteiger partial charge in [0.15, 0.2) is 0 Å². The molecule has 0 aliphatic carbocycles. The van der Waals surface area contributed by atoms with Crippen molar-refractivity contribution in [2.24, 2.45) is 0 Å². The zero-order chi connectivity index (χ0) is 28.4. The Morgan fingerprint density at radius 2 is 1.70 bits per heavy atom. The van der Waals surface area contributed by atoms with Gasteiger partial charge in [-0.05, 0) is 42.5 Å². The molecule has 208 valence electrons. The Morgan fingerprint density at radius 3 is 2.35 bits per heavy atom. The number of rotatable bonds is 8. The first-order valence-electron chi connectivity index (χ1n) is 13.8. The Labute approximate surface area is 233 Å². The number of nitrogens with two attached hydrogens (primary N) is 1. The SMILES string of the molecule is CCOC(=O)C(c1ccccc1)N1CCc2nn(-c3c(CC)cccc3CC)c(-c3cc(F)c(N)cc3F)c2C1. The van der Waals surface area contributed by atoms with Gasteiger partial charge >= 0.3 is 5.97 Å². The Kier molecular flexibility index (Phi) is 7.98. The molecule has 0 amide bonds.